The molecule has 2 aliphatic rings. The lowest BCUT2D eigenvalue weighted by Crippen LogP contribution is -2.57. The van der Waals surface area contributed by atoms with Crippen LogP contribution in [0.1, 0.15) is 63.4 Å². The van der Waals surface area contributed by atoms with E-state index in [1.54, 1.807) is 4.90 Å². The number of nitrogens with zero attached hydrogens (tertiary/aromatic N) is 3. The number of carbonyl (C=O) groups is 2. The number of hydrogen-bond donors (Lipinski definition) is 1. The zero-order valence-corrected chi connectivity index (χ0v) is 21.2. The van der Waals surface area contributed by atoms with Crippen molar-refractivity contribution >= 4 is 32.6 Å². The van der Waals surface area contributed by atoms with Crippen LogP contribution in [0.4, 0.5) is 0 Å². The van der Waals surface area contributed by atoms with Gasteiger partial charge in [-0.05, 0) is 30.2 Å². The van der Waals surface area contributed by atoms with Crippen molar-refractivity contribution in [3.63, 3.8) is 0 Å². The second-order valence-electron chi connectivity index (χ2n) is 10.8. The number of rotatable bonds is 5. The predicted octanol–water partition coefficient (Wildman–Crippen LogP) is 3.02. The molecule has 1 aliphatic heterocycles. The van der Waals surface area contributed by atoms with Crippen molar-refractivity contribution in [3.8, 4) is 0 Å². The van der Waals surface area contributed by atoms with E-state index in [4.69, 9.17) is 5.10 Å². The van der Waals surface area contributed by atoms with Gasteiger partial charge in [-0.25, -0.2) is 8.42 Å². The quantitative estimate of drug-likeness (QED) is 0.697. The van der Waals surface area contributed by atoms with Crippen LogP contribution in [0.2, 0.25) is 0 Å². The first-order valence-electron chi connectivity index (χ1n) is 12.3. The standard InChI is InChI=1S/C25H36N4O4S/c1-25(2,3)22(24(31)28-13-15-34(32,33)16-14-28)26-23(30)21-19-11-7-8-12-20(19)29(27-21)17-18-9-5-4-6-10-18/h7-8,11-12,18,22H,4-6,9-10,13-17H2,1-3H3,(H,26,30)/t22-/m1/s1. The molecule has 2 fully saturated rings. The van der Waals surface area contributed by atoms with Crippen LogP contribution in [-0.2, 0) is 21.2 Å². The van der Waals surface area contributed by atoms with Gasteiger partial charge in [-0.2, -0.15) is 5.10 Å². The zero-order valence-electron chi connectivity index (χ0n) is 20.4. The molecular formula is C25H36N4O4S. The molecule has 2 aromatic rings. The molecular weight excluding hydrogens is 452 g/mol. The number of hydrogen-bond acceptors (Lipinski definition) is 5. The van der Waals surface area contributed by atoms with Gasteiger partial charge in [-0.3, -0.25) is 14.3 Å². The molecule has 1 saturated carbocycles. The highest BCUT2D eigenvalue weighted by Crippen LogP contribution is 2.28. The van der Waals surface area contributed by atoms with E-state index in [-0.39, 0.29) is 36.4 Å². The minimum absolute atomic E-state index is 0.0419. The van der Waals surface area contributed by atoms with Crippen molar-refractivity contribution in [1.29, 1.82) is 0 Å². The van der Waals surface area contributed by atoms with Crippen LogP contribution in [0, 0.1) is 11.3 Å². The lowest BCUT2D eigenvalue weighted by Gasteiger charge is -2.36. The molecule has 1 N–H and O–H groups in total. The zero-order chi connectivity index (χ0) is 24.5. The first-order valence-corrected chi connectivity index (χ1v) is 14.1. The fraction of sp³-hybridized carbons (Fsp3) is 0.640. The maximum absolute atomic E-state index is 13.5. The molecule has 1 aromatic carbocycles. The molecule has 1 atom stereocenters. The summed E-state index contributed by atoms with van der Waals surface area (Å²) in [5.41, 5.74) is 0.705. The van der Waals surface area contributed by atoms with Gasteiger partial charge in [0, 0.05) is 25.0 Å². The number of para-hydroxylation sites is 1. The summed E-state index contributed by atoms with van der Waals surface area (Å²) in [5, 5.41) is 8.43. The van der Waals surface area contributed by atoms with E-state index < -0.39 is 21.3 Å². The Hall–Kier alpha value is -2.42. The van der Waals surface area contributed by atoms with Gasteiger partial charge in [0.05, 0.1) is 17.0 Å². The first-order chi connectivity index (χ1) is 16.0. The summed E-state index contributed by atoms with van der Waals surface area (Å²) in [4.78, 5) is 28.4. The van der Waals surface area contributed by atoms with E-state index in [1.807, 2.05) is 49.7 Å². The number of aromatic nitrogens is 2. The van der Waals surface area contributed by atoms with Crippen LogP contribution in [-0.4, -0.2) is 65.5 Å². The van der Waals surface area contributed by atoms with E-state index in [2.05, 4.69) is 5.32 Å². The molecule has 0 spiro atoms. The van der Waals surface area contributed by atoms with Crippen molar-refractivity contribution in [2.45, 2.75) is 65.5 Å². The molecule has 1 aromatic heterocycles. The Balaban J connectivity index is 1.57. The topological polar surface area (TPSA) is 101 Å². The Morgan fingerprint density at radius 3 is 2.38 bits per heavy atom. The Morgan fingerprint density at radius 1 is 1.09 bits per heavy atom. The van der Waals surface area contributed by atoms with Crippen LogP contribution in [0.3, 0.4) is 0 Å². The molecule has 1 saturated heterocycles. The maximum Gasteiger partial charge on any atom is 0.273 e. The highest BCUT2D eigenvalue weighted by atomic mass is 32.2. The molecule has 4 rings (SSSR count). The average molecular weight is 489 g/mol. The molecule has 186 valence electrons. The third-order valence-corrected chi connectivity index (χ3v) is 8.68. The molecule has 2 heterocycles. The largest absolute Gasteiger partial charge is 0.339 e. The van der Waals surface area contributed by atoms with E-state index in [0.717, 1.165) is 17.4 Å². The minimum atomic E-state index is -3.10. The Morgan fingerprint density at radius 2 is 1.74 bits per heavy atom. The van der Waals surface area contributed by atoms with Gasteiger partial charge in [0.1, 0.15) is 6.04 Å². The number of carbonyl (C=O) groups excluding carboxylic acids is 2. The van der Waals surface area contributed by atoms with Crippen LogP contribution >= 0.6 is 0 Å². The number of amides is 2. The van der Waals surface area contributed by atoms with E-state index in [9.17, 15) is 18.0 Å². The van der Waals surface area contributed by atoms with Gasteiger partial charge >= 0.3 is 0 Å². The molecule has 34 heavy (non-hydrogen) atoms. The molecule has 0 bridgehead atoms. The van der Waals surface area contributed by atoms with Crippen molar-refractivity contribution < 1.29 is 18.0 Å². The lowest BCUT2D eigenvalue weighted by molar-refractivity contribution is -0.135. The van der Waals surface area contributed by atoms with Crippen molar-refractivity contribution in [2.75, 3.05) is 24.6 Å². The molecule has 9 heteroatoms. The second-order valence-corrected chi connectivity index (χ2v) is 13.1. The highest BCUT2D eigenvalue weighted by molar-refractivity contribution is 7.91. The van der Waals surface area contributed by atoms with Gasteiger partial charge in [-0.1, -0.05) is 58.2 Å². The number of sulfone groups is 1. The summed E-state index contributed by atoms with van der Waals surface area (Å²) in [6.45, 7) is 6.80. The third-order valence-electron chi connectivity index (χ3n) is 7.07. The normalized spacial score (nSPS) is 20.3. The Labute approximate surface area is 202 Å². The van der Waals surface area contributed by atoms with Gasteiger partial charge in [0.25, 0.3) is 5.91 Å². The number of fused-ring (bicyclic) bond motifs is 1. The summed E-state index contributed by atoms with van der Waals surface area (Å²) in [7, 11) is -3.10. The minimum Gasteiger partial charge on any atom is -0.339 e. The van der Waals surface area contributed by atoms with Crippen LogP contribution < -0.4 is 5.32 Å². The molecule has 0 radical (unpaired) electrons. The van der Waals surface area contributed by atoms with Crippen molar-refractivity contribution in [3.05, 3.63) is 30.0 Å². The number of nitrogens with one attached hydrogen (secondary N) is 1. The lowest BCUT2D eigenvalue weighted by atomic mass is 9.85. The van der Waals surface area contributed by atoms with Gasteiger partial charge < -0.3 is 10.2 Å². The fourth-order valence-corrected chi connectivity index (χ4v) is 6.21. The second kappa shape index (κ2) is 9.68. The number of benzene rings is 1. The summed E-state index contributed by atoms with van der Waals surface area (Å²) in [6.07, 6.45) is 6.13. The maximum atomic E-state index is 13.5. The fourth-order valence-electron chi connectivity index (χ4n) is 5.01. The third kappa shape index (κ3) is 5.45. The Kier molecular flexibility index (Phi) is 7.03. The van der Waals surface area contributed by atoms with Crippen molar-refractivity contribution in [2.24, 2.45) is 11.3 Å². The van der Waals surface area contributed by atoms with Gasteiger partial charge in [-0.15, -0.1) is 0 Å². The first kappa shape index (κ1) is 24.7. The summed E-state index contributed by atoms with van der Waals surface area (Å²) in [5.74, 6) is -0.148. The predicted molar refractivity (Wildman–Crippen MR) is 132 cm³/mol. The van der Waals surface area contributed by atoms with Crippen LogP contribution in [0.25, 0.3) is 10.9 Å². The van der Waals surface area contributed by atoms with E-state index >= 15 is 0 Å². The molecule has 2 amide bonds. The Bertz CT molecular complexity index is 1150. The van der Waals surface area contributed by atoms with Gasteiger partial charge in [0.2, 0.25) is 5.91 Å². The average Bonchev–Trinajstić information content (AvgIpc) is 3.15. The van der Waals surface area contributed by atoms with E-state index in [1.165, 1.54) is 32.1 Å². The SMILES string of the molecule is CC(C)(C)[C@H](NC(=O)c1nn(CC2CCCCC2)c2ccccc12)C(=O)N1CCS(=O)(=O)CC1. The van der Waals surface area contributed by atoms with Gasteiger partial charge in [0.15, 0.2) is 15.5 Å². The van der Waals surface area contributed by atoms with E-state index in [0.29, 0.717) is 11.6 Å². The molecule has 8 nitrogen and oxygen atoms in total. The molecule has 0 unspecified atom stereocenters. The van der Waals surface area contributed by atoms with Crippen molar-refractivity contribution in [1.82, 2.24) is 20.0 Å². The highest BCUT2D eigenvalue weighted by Gasteiger charge is 2.38. The smallest absolute Gasteiger partial charge is 0.273 e. The van der Waals surface area contributed by atoms with Crippen LogP contribution in [0.5, 0.6) is 0 Å². The van der Waals surface area contributed by atoms with Crippen LogP contribution in [0.15, 0.2) is 24.3 Å². The summed E-state index contributed by atoms with van der Waals surface area (Å²) >= 11 is 0. The molecule has 1 aliphatic carbocycles. The summed E-state index contributed by atoms with van der Waals surface area (Å²) < 4.78 is 25.5. The monoisotopic (exact) mass is 488 g/mol. The summed E-state index contributed by atoms with van der Waals surface area (Å²) in [6, 6.07) is 6.95.